The van der Waals surface area contributed by atoms with Crippen LogP contribution in [0.15, 0.2) is 30.3 Å². The molecule has 1 heterocycles. The van der Waals surface area contributed by atoms with E-state index in [0.717, 1.165) is 21.9 Å². The molecule has 0 spiro atoms. The summed E-state index contributed by atoms with van der Waals surface area (Å²) in [7, 11) is 1.65. The fraction of sp³-hybridized carbons (Fsp3) is 0.286. The lowest BCUT2D eigenvalue weighted by Crippen LogP contribution is -1.96. The number of ether oxygens (including phenoxy) is 2. The van der Waals surface area contributed by atoms with Crippen molar-refractivity contribution in [1.82, 2.24) is 0 Å². The van der Waals surface area contributed by atoms with Crippen molar-refractivity contribution < 1.29 is 9.47 Å². The van der Waals surface area contributed by atoms with E-state index in [1.165, 1.54) is 4.88 Å². The fourth-order valence-electron chi connectivity index (χ4n) is 1.65. The Labute approximate surface area is 111 Å². The van der Waals surface area contributed by atoms with Crippen LogP contribution in [-0.2, 0) is 13.2 Å². The molecule has 1 aromatic heterocycles. The topological polar surface area (TPSA) is 44.5 Å². The molecule has 0 atom stereocenters. The lowest BCUT2D eigenvalue weighted by molar-refractivity contribution is 0.287. The van der Waals surface area contributed by atoms with Crippen LogP contribution in [0.3, 0.4) is 0 Å². The summed E-state index contributed by atoms with van der Waals surface area (Å²) in [4.78, 5) is 2.34. The fourth-order valence-corrected chi connectivity index (χ4v) is 2.46. The molecule has 96 valence electrons. The number of benzene rings is 1. The second kappa shape index (κ2) is 5.89. The van der Waals surface area contributed by atoms with E-state index >= 15 is 0 Å². The highest BCUT2D eigenvalue weighted by atomic mass is 32.1. The quantitative estimate of drug-likeness (QED) is 0.901. The number of hydrogen-bond acceptors (Lipinski definition) is 4. The van der Waals surface area contributed by atoms with Crippen LogP contribution in [0.2, 0.25) is 0 Å². The molecule has 0 unspecified atom stereocenters. The summed E-state index contributed by atoms with van der Waals surface area (Å²) in [6, 6.07) is 10.0. The highest BCUT2D eigenvalue weighted by molar-refractivity contribution is 7.11. The van der Waals surface area contributed by atoms with Crippen molar-refractivity contribution in [3.8, 4) is 11.5 Å². The summed E-state index contributed by atoms with van der Waals surface area (Å²) in [5.74, 6) is 1.54. The van der Waals surface area contributed by atoms with Gasteiger partial charge >= 0.3 is 0 Å². The molecule has 0 aliphatic heterocycles. The standard InChI is InChI=1S/C14H17NO2S/c1-10-3-6-13(14(7-10)16-2)17-9-12-5-4-11(8-15)18-12/h3-7H,8-9,15H2,1-2H3. The lowest BCUT2D eigenvalue weighted by atomic mass is 10.2. The average Bonchev–Trinajstić information content (AvgIpc) is 2.85. The molecule has 2 rings (SSSR count). The molecular formula is C14H17NO2S. The molecule has 2 aromatic rings. The molecule has 0 bridgehead atoms. The van der Waals surface area contributed by atoms with Crippen molar-refractivity contribution in [3.05, 3.63) is 45.6 Å². The molecular weight excluding hydrogens is 246 g/mol. The minimum atomic E-state index is 0.546. The van der Waals surface area contributed by atoms with Gasteiger partial charge in [0.15, 0.2) is 11.5 Å². The van der Waals surface area contributed by atoms with Gasteiger partial charge in [-0.05, 0) is 36.8 Å². The van der Waals surface area contributed by atoms with Crippen molar-refractivity contribution in [2.75, 3.05) is 7.11 Å². The van der Waals surface area contributed by atoms with E-state index in [1.54, 1.807) is 18.4 Å². The average molecular weight is 263 g/mol. The number of rotatable bonds is 5. The zero-order valence-electron chi connectivity index (χ0n) is 10.6. The molecule has 1 aromatic carbocycles. The zero-order valence-corrected chi connectivity index (χ0v) is 11.4. The third-order valence-corrected chi connectivity index (χ3v) is 3.69. The number of aryl methyl sites for hydroxylation is 1. The van der Waals surface area contributed by atoms with E-state index in [1.807, 2.05) is 37.3 Å². The first-order valence-electron chi connectivity index (χ1n) is 5.78. The van der Waals surface area contributed by atoms with Crippen LogP contribution in [0.25, 0.3) is 0 Å². The molecule has 18 heavy (non-hydrogen) atoms. The number of nitrogens with two attached hydrogens (primary N) is 1. The maximum Gasteiger partial charge on any atom is 0.161 e. The van der Waals surface area contributed by atoms with Crippen molar-refractivity contribution in [1.29, 1.82) is 0 Å². The third kappa shape index (κ3) is 3.03. The molecule has 3 nitrogen and oxygen atoms in total. The highest BCUT2D eigenvalue weighted by Gasteiger charge is 2.05. The summed E-state index contributed by atoms with van der Waals surface area (Å²) < 4.78 is 11.1. The molecule has 0 amide bonds. The number of methoxy groups -OCH3 is 1. The van der Waals surface area contributed by atoms with Gasteiger partial charge in [0.2, 0.25) is 0 Å². The SMILES string of the molecule is COc1cc(C)ccc1OCc1ccc(CN)s1. The van der Waals surface area contributed by atoms with Gasteiger partial charge in [-0.15, -0.1) is 11.3 Å². The predicted molar refractivity (Wildman–Crippen MR) is 74.3 cm³/mol. The van der Waals surface area contributed by atoms with Gasteiger partial charge in [-0.1, -0.05) is 6.07 Å². The molecule has 0 saturated heterocycles. The van der Waals surface area contributed by atoms with E-state index in [9.17, 15) is 0 Å². The Hall–Kier alpha value is -1.52. The summed E-state index contributed by atoms with van der Waals surface area (Å²) in [6.07, 6.45) is 0. The van der Waals surface area contributed by atoms with E-state index in [2.05, 4.69) is 0 Å². The summed E-state index contributed by atoms with van der Waals surface area (Å²) in [6.45, 7) is 3.15. The van der Waals surface area contributed by atoms with Gasteiger partial charge in [0, 0.05) is 16.3 Å². The molecule has 0 fully saturated rings. The normalized spacial score (nSPS) is 10.4. The van der Waals surface area contributed by atoms with Gasteiger partial charge in [-0.2, -0.15) is 0 Å². The highest BCUT2D eigenvalue weighted by Crippen LogP contribution is 2.29. The van der Waals surface area contributed by atoms with Crippen LogP contribution in [-0.4, -0.2) is 7.11 Å². The van der Waals surface area contributed by atoms with Gasteiger partial charge in [0.1, 0.15) is 6.61 Å². The van der Waals surface area contributed by atoms with E-state index in [0.29, 0.717) is 13.2 Å². The summed E-state index contributed by atoms with van der Waals surface area (Å²) in [5.41, 5.74) is 6.74. The van der Waals surface area contributed by atoms with Crippen LogP contribution in [0.4, 0.5) is 0 Å². The Balaban J connectivity index is 2.05. The molecule has 4 heteroatoms. The van der Waals surface area contributed by atoms with Gasteiger partial charge in [-0.25, -0.2) is 0 Å². The smallest absolute Gasteiger partial charge is 0.161 e. The predicted octanol–water partition coefficient (Wildman–Crippen LogP) is 3.10. The largest absolute Gasteiger partial charge is 0.493 e. The van der Waals surface area contributed by atoms with Crippen molar-refractivity contribution >= 4 is 11.3 Å². The zero-order chi connectivity index (χ0) is 13.0. The van der Waals surface area contributed by atoms with Crippen LogP contribution in [0, 0.1) is 6.92 Å². The minimum Gasteiger partial charge on any atom is -0.493 e. The molecule has 0 aliphatic carbocycles. The summed E-state index contributed by atoms with van der Waals surface area (Å²) >= 11 is 1.68. The van der Waals surface area contributed by atoms with E-state index in [-0.39, 0.29) is 0 Å². The first kappa shape index (κ1) is 12.9. The van der Waals surface area contributed by atoms with E-state index in [4.69, 9.17) is 15.2 Å². The lowest BCUT2D eigenvalue weighted by Gasteiger charge is -2.10. The van der Waals surface area contributed by atoms with Crippen molar-refractivity contribution in [2.24, 2.45) is 5.73 Å². The van der Waals surface area contributed by atoms with Crippen molar-refractivity contribution in [3.63, 3.8) is 0 Å². The third-order valence-electron chi connectivity index (χ3n) is 2.61. The van der Waals surface area contributed by atoms with Gasteiger partial charge < -0.3 is 15.2 Å². The van der Waals surface area contributed by atoms with Crippen molar-refractivity contribution in [2.45, 2.75) is 20.1 Å². The Bertz CT molecular complexity index is 522. The molecule has 0 aliphatic rings. The first-order valence-corrected chi connectivity index (χ1v) is 6.59. The van der Waals surface area contributed by atoms with Gasteiger partial charge in [-0.3, -0.25) is 0 Å². The van der Waals surface area contributed by atoms with Crippen LogP contribution in [0.1, 0.15) is 15.3 Å². The second-order valence-corrected chi connectivity index (χ2v) is 5.27. The second-order valence-electron chi connectivity index (χ2n) is 4.02. The Morgan fingerprint density at radius 3 is 2.56 bits per heavy atom. The maximum atomic E-state index is 5.77. The first-order chi connectivity index (χ1) is 8.72. The number of thiophene rings is 1. The van der Waals surface area contributed by atoms with Gasteiger partial charge in [0.05, 0.1) is 7.11 Å². The molecule has 0 saturated carbocycles. The van der Waals surface area contributed by atoms with E-state index < -0.39 is 0 Å². The van der Waals surface area contributed by atoms with Crippen LogP contribution in [0.5, 0.6) is 11.5 Å². The monoisotopic (exact) mass is 263 g/mol. The molecule has 2 N–H and O–H groups in total. The van der Waals surface area contributed by atoms with Crippen LogP contribution >= 0.6 is 11.3 Å². The Morgan fingerprint density at radius 2 is 1.89 bits per heavy atom. The van der Waals surface area contributed by atoms with Gasteiger partial charge in [0.25, 0.3) is 0 Å². The molecule has 0 radical (unpaired) electrons. The van der Waals surface area contributed by atoms with Crippen LogP contribution < -0.4 is 15.2 Å². The Kier molecular flexibility index (Phi) is 4.23. The Morgan fingerprint density at radius 1 is 1.11 bits per heavy atom. The number of hydrogen-bond donors (Lipinski definition) is 1. The summed E-state index contributed by atoms with van der Waals surface area (Å²) in [5, 5.41) is 0. The maximum absolute atomic E-state index is 5.77. The minimum absolute atomic E-state index is 0.546.